The summed E-state index contributed by atoms with van der Waals surface area (Å²) < 4.78 is 17.8. The van der Waals surface area contributed by atoms with Gasteiger partial charge < -0.3 is 29.7 Å². The van der Waals surface area contributed by atoms with Crippen molar-refractivity contribution in [2.24, 2.45) is 5.92 Å². The van der Waals surface area contributed by atoms with Crippen molar-refractivity contribution in [3.63, 3.8) is 0 Å². The lowest BCUT2D eigenvalue weighted by atomic mass is 9.91. The smallest absolute Gasteiger partial charge is 0.336 e. The summed E-state index contributed by atoms with van der Waals surface area (Å²) in [6, 6.07) is 21.5. The van der Waals surface area contributed by atoms with E-state index >= 15 is 0 Å². The first-order valence-corrected chi connectivity index (χ1v) is 14.2. The molecule has 5 unspecified atom stereocenters. The van der Waals surface area contributed by atoms with E-state index < -0.39 is 30.2 Å². The Hall–Kier alpha value is -3.70. The molecular formula is C31H33NO8S. The van der Waals surface area contributed by atoms with E-state index in [9.17, 15) is 24.6 Å². The SMILES string of the molecule is CC(=O)OC(C)C(=O)Nc1ccc(C2OC(CSc3ccccc3C(=O)O)C(C)C(c3ccc(CO)cc3)O2)cc1. The van der Waals surface area contributed by atoms with Crippen LogP contribution in [0, 0.1) is 5.92 Å². The summed E-state index contributed by atoms with van der Waals surface area (Å²) >= 11 is 1.42. The number of aromatic carboxylic acids is 1. The van der Waals surface area contributed by atoms with Gasteiger partial charge in [-0.15, -0.1) is 11.8 Å². The van der Waals surface area contributed by atoms with E-state index in [1.54, 1.807) is 42.5 Å². The van der Waals surface area contributed by atoms with Gasteiger partial charge in [0.25, 0.3) is 5.91 Å². The van der Waals surface area contributed by atoms with Crippen LogP contribution in [0.3, 0.4) is 0 Å². The Morgan fingerprint density at radius 1 is 0.976 bits per heavy atom. The number of carbonyl (C=O) groups is 3. The highest BCUT2D eigenvalue weighted by Gasteiger charge is 2.38. The van der Waals surface area contributed by atoms with E-state index in [1.165, 1.54) is 25.6 Å². The summed E-state index contributed by atoms with van der Waals surface area (Å²) in [5, 5.41) is 21.8. The largest absolute Gasteiger partial charge is 0.478 e. The van der Waals surface area contributed by atoms with Crippen molar-refractivity contribution in [3.8, 4) is 0 Å². The van der Waals surface area contributed by atoms with Crippen LogP contribution in [0.2, 0.25) is 0 Å². The van der Waals surface area contributed by atoms with Crippen LogP contribution in [-0.4, -0.2) is 46.0 Å². The molecule has 9 nitrogen and oxygen atoms in total. The second-order valence-electron chi connectivity index (χ2n) is 9.80. The van der Waals surface area contributed by atoms with Crippen molar-refractivity contribution < 1.29 is 38.8 Å². The van der Waals surface area contributed by atoms with Crippen LogP contribution >= 0.6 is 11.8 Å². The molecule has 0 bridgehead atoms. The molecule has 1 heterocycles. The van der Waals surface area contributed by atoms with Crippen LogP contribution in [-0.2, 0) is 30.4 Å². The van der Waals surface area contributed by atoms with Gasteiger partial charge in [0.1, 0.15) is 0 Å². The average molecular weight is 580 g/mol. The van der Waals surface area contributed by atoms with Gasteiger partial charge in [0.2, 0.25) is 0 Å². The number of ether oxygens (including phenoxy) is 3. The average Bonchev–Trinajstić information content (AvgIpc) is 2.97. The van der Waals surface area contributed by atoms with Crippen LogP contribution in [0.25, 0.3) is 0 Å². The predicted molar refractivity (Wildman–Crippen MR) is 153 cm³/mol. The van der Waals surface area contributed by atoms with E-state index in [0.717, 1.165) is 16.7 Å². The number of amides is 1. The monoisotopic (exact) mass is 579 g/mol. The molecule has 0 aromatic heterocycles. The highest BCUT2D eigenvalue weighted by atomic mass is 32.2. The van der Waals surface area contributed by atoms with Crippen molar-refractivity contribution in [2.45, 2.75) is 56.9 Å². The molecule has 3 aromatic rings. The number of carbonyl (C=O) groups excluding carboxylic acids is 2. The fraction of sp³-hybridized carbons (Fsp3) is 0.323. The normalized spacial score (nSPS) is 21.1. The molecule has 0 radical (unpaired) electrons. The Morgan fingerprint density at radius 2 is 1.63 bits per heavy atom. The molecule has 1 amide bonds. The minimum atomic E-state index is -0.983. The van der Waals surface area contributed by atoms with Crippen molar-refractivity contribution in [1.29, 1.82) is 0 Å². The summed E-state index contributed by atoms with van der Waals surface area (Å²) in [6.45, 7) is 4.72. The van der Waals surface area contributed by atoms with Gasteiger partial charge in [0.15, 0.2) is 12.4 Å². The Balaban J connectivity index is 1.54. The maximum atomic E-state index is 12.3. The van der Waals surface area contributed by atoms with Gasteiger partial charge in [-0.05, 0) is 42.3 Å². The number of hydrogen-bond donors (Lipinski definition) is 3. The van der Waals surface area contributed by atoms with Gasteiger partial charge in [-0.25, -0.2) is 4.79 Å². The number of aliphatic hydroxyl groups excluding tert-OH is 1. The lowest BCUT2D eigenvalue weighted by Crippen LogP contribution is -2.38. The lowest BCUT2D eigenvalue weighted by Gasteiger charge is -2.41. The fourth-order valence-corrected chi connectivity index (χ4v) is 5.73. The second-order valence-corrected chi connectivity index (χ2v) is 10.9. The molecule has 4 rings (SSSR count). The molecule has 5 atom stereocenters. The fourth-order valence-electron chi connectivity index (χ4n) is 4.52. The summed E-state index contributed by atoms with van der Waals surface area (Å²) in [7, 11) is 0. The molecular weight excluding hydrogens is 546 g/mol. The third-order valence-electron chi connectivity index (χ3n) is 6.81. The van der Waals surface area contributed by atoms with E-state index in [1.807, 2.05) is 37.3 Å². The van der Waals surface area contributed by atoms with Gasteiger partial charge in [-0.1, -0.05) is 55.5 Å². The van der Waals surface area contributed by atoms with Gasteiger partial charge >= 0.3 is 11.9 Å². The number of carboxylic acids is 1. The molecule has 3 N–H and O–H groups in total. The summed E-state index contributed by atoms with van der Waals surface area (Å²) in [5.41, 5.74) is 3.23. The number of rotatable bonds is 10. The molecule has 1 aliphatic heterocycles. The zero-order valence-electron chi connectivity index (χ0n) is 23.0. The number of benzene rings is 3. The van der Waals surface area contributed by atoms with E-state index in [2.05, 4.69) is 5.32 Å². The zero-order chi connectivity index (χ0) is 29.5. The standard InChI is InChI=1S/C31H33NO8S/c1-18-26(17-41-27-7-5-4-6-25(27)30(36)37)39-31(40-28(18)22-10-8-21(16-33)9-11-22)23-12-14-24(15-13-23)32-29(35)19(2)38-20(3)34/h4-15,18-19,26,28,31,33H,16-17H2,1-3H3,(H,32,35)(H,36,37). The molecule has 0 spiro atoms. The highest BCUT2D eigenvalue weighted by molar-refractivity contribution is 7.99. The number of thioether (sulfide) groups is 1. The topological polar surface area (TPSA) is 131 Å². The molecule has 41 heavy (non-hydrogen) atoms. The van der Waals surface area contributed by atoms with Crippen LogP contribution in [0.5, 0.6) is 0 Å². The number of anilines is 1. The third kappa shape index (κ3) is 7.74. The Bertz CT molecular complexity index is 1360. The number of aliphatic hydroxyl groups is 1. The summed E-state index contributed by atoms with van der Waals surface area (Å²) in [4.78, 5) is 35.8. The highest BCUT2D eigenvalue weighted by Crippen LogP contribution is 2.43. The molecule has 0 saturated carbocycles. The van der Waals surface area contributed by atoms with E-state index in [4.69, 9.17) is 14.2 Å². The Kier molecular flexibility index (Phi) is 10.2. The first kappa shape index (κ1) is 30.3. The third-order valence-corrected chi connectivity index (χ3v) is 7.97. The molecule has 3 aromatic carbocycles. The molecule has 1 fully saturated rings. The quantitative estimate of drug-likeness (QED) is 0.215. The second kappa shape index (κ2) is 13.8. The van der Waals surface area contributed by atoms with Crippen LogP contribution < -0.4 is 5.32 Å². The minimum Gasteiger partial charge on any atom is -0.478 e. The van der Waals surface area contributed by atoms with Gasteiger partial charge in [-0.3, -0.25) is 9.59 Å². The van der Waals surface area contributed by atoms with E-state index in [0.29, 0.717) is 16.3 Å². The maximum Gasteiger partial charge on any atom is 0.336 e. The number of esters is 1. The zero-order valence-corrected chi connectivity index (χ0v) is 23.8. The van der Waals surface area contributed by atoms with Crippen molar-refractivity contribution in [1.82, 2.24) is 0 Å². The predicted octanol–water partition coefficient (Wildman–Crippen LogP) is 5.35. The number of carboxylic acid groups (broad SMARTS) is 1. The Morgan fingerprint density at radius 3 is 2.27 bits per heavy atom. The van der Waals surface area contributed by atoms with Gasteiger partial charge in [-0.2, -0.15) is 0 Å². The first-order chi connectivity index (χ1) is 19.7. The van der Waals surface area contributed by atoms with E-state index in [-0.39, 0.29) is 30.3 Å². The molecule has 216 valence electrons. The minimum absolute atomic E-state index is 0.0577. The molecule has 10 heteroatoms. The van der Waals surface area contributed by atoms with Crippen LogP contribution in [0.4, 0.5) is 5.69 Å². The van der Waals surface area contributed by atoms with Crippen LogP contribution in [0.1, 0.15) is 60.2 Å². The summed E-state index contributed by atoms with van der Waals surface area (Å²) in [5.74, 6) is -1.54. The lowest BCUT2D eigenvalue weighted by molar-refractivity contribution is -0.268. The van der Waals surface area contributed by atoms with Gasteiger partial charge in [0.05, 0.1) is 24.4 Å². The number of nitrogens with one attached hydrogen (secondary N) is 1. The maximum absolute atomic E-state index is 12.3. The van der Waals surface area contributed by atoms with Crippen molar-refractivity contribution in [2.75, 3.05) is 11.1 Å². The summed E-state index contributed by atoms with van der Waals surface area (Å²) in [6.07, 6.45) is -2.27. The molecule has 1 saturated heterocycles. The Labute approximate surface area is 242 Å². The van der Waals surface area contributed by atoms with Crippen molar-refractivity contribution in [3.05, 3.63) is 95.1 Å². The molecule has 0 aliphatic carbocycles. The van der Waals surface area contributed by atoms with Crippen LogP contribution in [0.15, 0.2) is 77.7 Å². The van der Waals surface area contributed by atoms with Gasteiger partial charge in [0, 0.05) is 34.7 Å². The van der Waals surface area contributed by atoms with Crippen molar-refractivity contribution >= 4 is 35.3 Å². The number of hydrogen-bond acceptors (Lipinski definition) is 8. The first-order valence-electron chi connectivity index (χ1n) is 13.2. The molecule has 1 aliphatic rings.